The molecule has 0 atom stereocenters. The lowest BCUT2D eigenvalue weighted by atomic mass is 10.0. The molecule has 0 bridgehead atoms. The number of carbonyl (C=O) groups excluding carboxylic acids is 2. The van der Waals surface area contributed by atoms with Gasteiger partial charge in [0.25, 0.3) is 11.8 Å². The lowest BCUT2D eigenvalue weighted by Gasteiger charge is -2.17. The lowest BCUT2D eigenvalue weighted by molar-refractivity contribution is -0.120. The van der Waals surface area contributed by atoms with Crippen LogP contribution in [0.2, 0.25) is 10.0 Å². The largest absolute Gasteiger partial charge is 0.350 e. The van der Waals surface area contributed by atoms with Gasteiger partial charge in [0.05, 0.1) is 21.3 Å². The van der Waals surface area contributed by atoms with Crippen molar-refractivity contribution in [3.8, 4) is 0 Å². The fourth-order valence-electron chi connectivity index (χ4n) is 3.37. The average Bonchev–Trinajstić information content (AvgIpc) is 3.01. The van der Waals surface area contributed by atoms with Crippen LogP contribution in [0, 0.1) is 0 Å². The summed E-state index contributed by atoms with van der Waals surface area (Å²) >= 11 is 12.4. The number of aryl methyl sites for hydroxylation is 1. The number of hydrogen-bond acceptors (Lipinski definition) is 3. The second-order valence-corrected chi connectivity index (χ2v) is 7.60. The number of anilines is 2. The Balaban J connectivity index is 1.81. The highest BCUT2D eigenvalue weighted by Crippen LogP contribution is 2.39. The molecule has 150 valence electrons. The molecule has 0 unspecified atom stereocenters. The molecule has 3 aromatic rings. The molecule has 0 aromatic heterocycles. The molecule has 1 N–H and O–H groups in total. The first-order valence-electron chi connectivity index (χ1n) is 9.49. The number of carbonyl (C=O) groups is 2. The molecular formula is C24H18Cl2N2O2. The minimum absolute atomic E-state index is 0.154. The highest BCUT2D eigenvalue weighted by Gasteiger charge is 2.41. The molecule has 1 aliphatic heterocycles. The van der Waals surface area contributed by atoms with Crippen LogP contribution in [0.3, 0.4) is 0 Å². The first kappa shape index (κ1) is 20.2. The summed E-state index contributed by atoms with van der Waals surface area (Å²) in [5.74, 6) is -0.939. The van der Waals surface area contributed by atoms with Gasteiger partial charge >= 0.3 is 0 Å². The average molecular weight is 437 g/mol. The molecule has 0 fully saturated rings. The molecule has 6 heteroatoms. The van der Waals surface area contributed by atoms with E-state index in [1.807, 2.05) is 42.5 Å². The second kappa shape index (κ2) is 8.34. The van der Waals surface area contributed by atoms with Crippen LogP contribution in [-0.4, -0.2) is 11.8 Å². The van der Waals surface area contributed by atoms with Gasteiger partial charge in [-0.15, -0.1) is 0 Å². The van der Waals surface area contributed by atoms with E-state index in [0.717, 1.165) is 17.0 Å². The lowest BCUT2D eigenvalue weighted by Crippen LogP contribution is -2.32. The van der Waals surface area contributed by atoms with E-state index in [4.69, 9.17) is 23.2 Å². The molecule has 1 aliphatic rings. The molecule has 4 nitrogen and oxygen atoms in total. The van der Waals surface area contributed by atoms with E-state index in [1.165, 1.54) is 5.56 Å². The number of halogens is 2. The standard InChI is InChI=1S/C24H18Cl2N2O2/c1-2-15-11-13-17(14-12-15)27-22-20(16-7-4-3-5-8-16)23(29)28(24(22)30)19-10-6-9-18(25)21(19)26/h3-14,27H,2H2,1H3. The zero-order valence-corrected chi connectivity index (χ0v) is 17.7. The van der Waals surface area contributed by atoms with Gasteiger partial charge < -0.3 is 5.32 Å². The quantitative estimate of drug-likeness (QED) is 0.502. The van der Waals surface area contributed by atoms with Gasteiger partial charge in [-0.05, 0) is 41.8 Å². The van der Waals surface area contributed by atoms with Crippen LogP contribution in [0.5, 0.6) is 0 Å². The van der Waals surface area contributed by atoms with Crippen LogP contribution in [0.1, 0.15) is 18.1 Å². The SMILES string of the molecule is CCc1ccc(NC2=C(c3ccccc3)C(=O)N(c3cccc(Cl)c3Cl)C2=O)cc1. The maximum absolute atomic E-state index is 13.4. The van der Waals surface area contributed by atoms with Crippen LogP contribution < -0.4 is 10.2 Å². The summed E-state index contributed by atoms with van der Waals surface area (Å²) < 4.78 is 0. The molecule has 4 rings (SSSR count). The number of hydrogen-bond donors (Lipinski definition) is 1. The summed E-state index contributed by atoms with van der Waals surface area (Å²) in [7, 11) is 0. The van der Waals surface area contributed by atoms with Gasteiger partial charge in [-0.25, -0.2) is 4.90 Å². The highest BCUT2D eigenvalue weighted by molar-refractivity contribution is 6.50. The van der Waals surface area contributed by atoms with E-state index in [9.17, 15) is 9.59 Å². The van der Waals surface area contributed by atoms with Crippen molar-refractivity contribution in [2.24, 2.45) is 0 Å². The van der Waals surface area contributed by atoms with Crippen molar-refractivity contribution in [2.75, 3.05) is 10.2 Å². The minimum Gasteiger partial charge on any atom is -0.350 e. The van der Waals surface area contributed by atoms with Gasteiger partial charge in [-0.2, -0.15) is 0 Å². The normalized spacial score (nSPS) is 13.9. The minimum atomic E-state index is -0.484. The van der Waals surface area contributed by atoms with Crippen molar-refractivity contribution in [3.63, 3.8) is 0 Å². The summed E-state index contributed by atoms with van der Waals surface area (Å²) in [5.41, 5.74) is 3.28. The summed E-state index contributed by atoms with van der Waals surface area (Å²) in [4.78, 5) is 27.8. The monoisotopic (exact) mass is 436 g/mol. The van der Waals surface area contributed by atoms with Crippen LogP contribution >= 0.6 is 23.2 Å². The molecule has 1 heterocycles. The van der Waals surface area contributed by atoms with Crippen molar-refractivity contribution in [1.29, 1.82) is 0 Å². The molecule has 0 aliphatic carbocycles. The van der Waals surface area contributed by atoms with Gasteiger partial charge in [0, 0.05) is 5.69 Å². The van der Waals surface area contributed by atoms with Crippen molar-refractivity contribution < 1.29 is 9.59 Å². The van der Waals surface area contributed by atoms with Crippen molar-refractivity contribution in [1.82, 2.24) is 0 Å². The first-order chi connectivity index (χ1) is 14.5. The molecule has 0 saturated carbocycles. The number of imide groups is 1. The van der Waals surface area contributed by atoms with Crippen LogP contribution in [-0.2, 0) is 16.0 Å². The van der Waals surface area contributed by atoms with E-state index >= 15 is 0 Å². The summed E-state index contributed by atoms with van der Waals surface area (Å²) in [6.45, 7) is 2.07. The second-order valence-electron chi connectivity index (χ2n) is 6.81. The van der Waals surface area contributed by atoms with Gasteiger partial charge in [0.1, 0.15) is 5.70 Å². The van der Waals surface area contributed by atoms with Gasteiger partial charge in [0.2, 0.25) is 0 Å². The topological polar surface area (TPSA) is 49.4 Å². The molecule has 0 saturated heterocycles. The Morgan fingerprint density at radius 2 is 1.53 bits per heavy atom. The van der Waals surface area contributed by atoms with E-state index in [2.05, 4.69) is 12.2 Å². The fraction of sp³-hybridized carbons (Fsp3) is 0.0833. The van der Waals surface area contributed by atoms with Crippen molar-refractivity contribution in [3.05, 3.63) is 99.7 Å². The molecular weight excluding hydrogens is 419 g/mol. The molecule has 2 amide bonds. The number of amides is 2. The maximum atomic E-state index is 13.4. The zero-order valence-electron chi connectivity index (χ0n) is 16.2. The molecule has 0 spiro atoms. The number of nitrogens with zero attached hydrogens (tertiary/aromatic N) is 1. The fourth-order valence-corrected chi connectivity index (χ4v) is 3.75. The van der Waals surface area contributed by atoms with E-state index in [0.29, 0.717) is 5.56 Å². The number of nitrogens with one attached hydrogen (secondary N) is 1. The van der Waals surface area contributed by atoms with E-state index in [-0.39, 0.29) is 27.0 Å². The summed E-state index contributed by atoms with van der Waals surface area (Å²) in [6.07, 6.45) is 0.913. The number of rotatable bonds is 5. The summed E-state index contributed by atoms with van der Waals surface area (Å²) in [5, 5.41) is 3.57. The zero-order chi connectivity index (χ0) is 21.3. The Kier molecular flexibility index (Phi) is 5.62. The van der Waals surface area contributed by atoms with Gasteiger partial charge in [0.15, 0.2) is 0 Å². The van der Waals surface area contributed by atoms with Gasteiger partial charge in [-0.1, -0.05) is 78.7 Å². The highest BCUT2D eigenvalue weighted by atomic mass is 35.5. The predicted octanol–water partition coefficient (Wildman–Crippen LogP) is 5.95. The summed E-state index contributed by atoms with van der Waals surface area (Å²) in [6, 6.07) is 21.7. The van der Waals surface area contributed by atoms with Crippen molar-refractivity contribution >= 4 is 52.0 Å². The Morgan fingerprint density at radius 1 is 0.833 bits per heavy atom. The van der Waals surface area contributed by atoms with Gasteiger partial charge in [-0.3, -0.25) is 9.59 Å². The third-order valence-corrected chi connectivity index (χ3v) is 5.76. The van der Waals surface area contributed by atoms with E-state index < -0.39 is 11.8 Å². The predicted molar refractivity (Wildman–Crippen MR) is 122 cm³/mol. The Morgan fingerprint density at radius 3 is 2.20 bits per heavy atom. The maximum Gasteiger partial charge on any atom is 0.282 e. The molecule has 3 aromatic carbocycles. The van der Waals surface area contributed by atoms with Crippen molar-refractivity contribution in [2.45, 2.75) is 13.3 Å². The Hall–Kier alpha value is -3.08. The number of benzene rings is 3. The Labute approximate surface area is 184 Å². The Bertz CT molecular complexity index is 1160. The first-order valence-corrected chi connectivity index (χ1v) is 10.2. The third kappa shape index (κ3) is 3.60. The van der Waals surface area contributed by atoms with Crippen LogP contribution in [0.4, 0.5) is 11.4 Å². The third-order valence-electron chi connectivity index (χ3n) is 4.95. The van der Waals surface area contributed by atoms with Crippen LogP contribution in [0.15, 0.2) is 78.5 Å². The molecule has 30 heavy (non-hydrogen) atoms. The molecule has 0 radical (unpaired) electrons. The smallest absolute Gasteiger partial charge is 0.282 e. The van der Waals surface area contributed by atoms with Crippen LogP contribution in [0.25, 0.3) is 5.57 Å². The van der Waals surface area contributed by atoms with E-state index in [1.54, 1.807) is 30.3 Å².